The summed E-state index contributed by atoms with van der Waals surface area (Å²) < 4.78 is 0. The van der Waals surface area contributed by atoms with Crippen molar-refractivity contribution in [2.24, 2.45) is 0 Å². The monoisotopic (exact) mass is 472 g/mol. The maximum atomic E-state index is 11.5. The van der Waals surface area contributed by atoms with Gasteiger partial charge >= 0.3 is 11.9 Å². The summed E-state index contributed by atoms with van der Waals surface area (Å²) in [4.78, 5) is 26.3. The molecule has 0 aliphatic rings. The molecule has 0 saturated heterocycles. The van der Waals surface area contributed by atoms with Gasteiger partial charge in [0.25, 0.3) is 0 Å². The molecule has 0 spiro atoms. The molecule has 34 heavy (non-hydrogen) atoms. The van der Waals surface area contributed by atoms with E-state index in [-0.39, 0.29) is 50.8 Å². The van der Waals surface area contributed by atoms with Gasteiger partial charge in [0.1, 0.15) is 11.5 Å². The summed E-state index contributed by atoms with van der Waals surface area (Å²) in [5, 5.41) is 39.4. The number of phenolic OH excluding ortho intramolecular Hbond substituents is 2. The van der Waals surface area contributed by atoms with Gasteiger partial charge in [0.15, 0.2) is 0 Å². The Kier molecular flexibility index (Phi) is 10.8. The molecule has 0 amide bonds. The van der Waals surface area contributed by atoms with Crippen LogP contribution in [0.4, 0.5) is 0 Å². The normalized spacial score (nSPS) is 11.3. The number of aromatic hydroxyl groups is 2. The van der Waals surface area contributed by atoms with Gasteiger partial charge < -0.3 is 20.4 Å². The molecule has 0 bridgehead atoms. The van der Waals surface area contributed by atoms with Crippen LogP contribution >= 0.6 is 0 Å². The van der Waals surface area contributed by atoms with E-state index in [1.54, 1.807) is 21.9 Å². The average Bonchev–Trinajstić information content (AvgIpc) is 2.76. The Morgan fingerprint density at radius 2 is 1.09 bits per heavy atom. The minimum Gasteiger partial charge on any atom is -0.508 e. The van der Waals surface area contributed by atoms with E-state index in [4.69, 9.17) is 0 Å². The first-order chi connectivity index (χ1) is 16.2. The van der Waals surface area contributed by atoms with Crippen LogP contribution in [0.3, 0.4) is 0 Å². The number of nitrogens with zero attached hydrogens (tertiary/aromatic N) is 2. The number of phenols is 2. The molecule has 0 saturated carbocycles. The van der Waals surface area contributed by atoms with Crippen molar-refractivity contribution in [2.45, 2.75) is 52.6 Å². The van der Waals surface area contributed by atoms with Gasteiger partial charge in [-0.1, -0.05) is 51.0 Å². The van der Waals surface area contributed by atoms with Crippen molar-refractivity contribution >= 4 is 11.9 Å². The highest BCUT2D eigenvalue weighted by Gasteiger charge is 2.18. The standard InChI is InChI=1S/C26H36N2O6/c1-3-5-19-7-9-23(29)21(13-19)15-27(17-25(31)32)11-12-28(18-26(33)34)16-22-14-20(6-4-2)8-10-24(22)30/h7-10,13-14,29-30H,3-6,11-12,15-18H2,1-2H3,(H,31,32)(H,33,34). The second-order valence-electron chi connectivity index (χ2n) is 8.63. The lowest BCUT2D eigenvalue weighted by Gasteiger charge is -2.26. The topological polar surface area (TPSA) is 122 Å². The van der Waals surface area contributed by atoms with Crippen molar-refractivity contribution in [1.82, 2.24) is 9.80 Å². The number of aliphatic carboxylic acids is 2. The van der Waals surface area contributed by atoms with Gasteiger partial charge in [-0.15, -0.1) is 0 Å². The Bertz CT molecular complexity index is 885. The Hall–Kier alpha value is -3.10. The summed E-state index contributed by atoms with van der Waals surface area (Å²) in [5.41, 5.74) is 3.42. The van der Waals surface area contributed by atoms with E-state index in [1.807, 2.05) is 24.3 Å². The van der Waals surface area contributed by atoms with Crippen LogP contribution in [-0.4, -0.2) is 68.3 Å². The third kappa shape index (κ3) is 9.03. The van der Waals surface area contributed by atoms with Gasteiger partial charge in [0.05, 0.1) is 13.1 Å². The number of carboxylic acids is 2. The van der Waals surface area contributed by atoms with Gasteiger partial charge in [0.2, 0.25) is 0 Å². The fourth-order valence-electron chi connectivity index (χ4n) is 3.99. The zero-order chi connectivity index (χ0) is 25.1. The first kappa shape index (κ1) is 27.1. The quantitative estimate of drug-likeness (QED) is 0.311. The van der Waals surface area contributed by atoms with E-state index in [1.165, 1.54) is 0 Å². The summed E-state index contributed by atoms with van der Waals surface area (Å²) in [6.07, 6.45) is 3.64. The molecule has 0 atom stereocenters. The molecule has 0 heterocycles. The van der Waals surface area contributed by atoms with Crippen LogP contribution in [0, 0.1) is 0 Å². The highest BCUT2D eigenvalue weighted by Crippen LogP contribution is 2.23. The molecule has 4 N–H and O–H groups in total. The van der Waals surface area contributed by atoms with Crippen molar-refractivity contribution in [3.8, 4) is 11.5 Å². The van der Waals surface area contributed by atoms with Crippen LogP contribution in [0.2, 0.25) is 0 Å². The summed E-state index contributed by atoms with van der Waals surface area (Å²) in [7, 11) is 0. The van der Waals surface area contributed by atoms with Crippen LogP contribution in [0.25, 0.3) is 0 Å². The minimum atomic E-state index is -1.00. The fourth-order valence-corrected chi connectivity index (χ4v) is 3.99. The van der Waals surface area contributed by atoms with Gasteiger partial charge in [-0.2, -0.15) is 0 Å². The van der Waals surface area contributed by atoms with Crippen molar-refractivity contribution in [1.29, 1.82) is 0 Å². The predicted molar refractivity (Wildman–Crippen MR) is 130 cm³/mol. The molecule has 0 unspecified atom stereocenters. The molecule has 186 valence electrons. The van der Waals surface area contributed by atoms with E-state index < -0.39 is 11.9 Å². The van der Waals surface area contributed by atoms with E-state index in [9.17, 15) is 30.0 Å². The summed E-state index contributed by atoms with van der Waals surface area (Å²) in [6.45, 7) is 4.68. The lowest BCUT2D eigenvalue weighted by molar-refractivity contribution is -0.140. The van der Waals surface area contributed by atoms with Crippen molar-refractivity contribution in [3.05, 3.63) is 58.7 Å². The lowest BCUT2D eigenvalue weighted by Crippen LogP contribution is -2.39. The van der Waals surface area contributed by atoms with E-state index >= 15 is 0 Å². The third-order valence-electron chi connectivity index (χ3n) is 5.60. The summed E-state index contributed by atoms with van der Waals surface area (Å²) >= 11 is 0. The molecule has 0 fully saturated rings. The van der Waals surface area contributed by atoms with E-state index in [2.05, 4.69) is 13.8 Å². The largest absolute Gasteiger partial charge is 0.508 e. The summed E-state index contributed by atoms with van der Waals surface area (Å²) in [5.74, 6) is -1.79. The summed E-state index contributed by atoms with van der Waals surface area (Å²) in [6, 6.07) is 10.7. The molecule has 8 nitrogen and oxygen atoms in total. The maximum Gasteiger partial charge on any atom is 0.317 e. The average molecular weight is 473 g/mol. The van der Waals surface area contributed by atoms with Gasteiger partial charge in [-0.05, 0) is 36.1 Å². The number of hydrogen-bond acceptors (Lipinski definition) is 6. The molecule has 2 aromatic rings. The van der Waals surface area contributed by atoms with Crippen molar-refractivity contribution < 1.29 is 30.0 Å². The van der Waals surface area contributed by atoms with Gasteiger partial charge in [0, 0.05) is 37.3 Å². The highest BCUT2D eigenvalue weighted by molar-refractivity contribution is 5.69. The highest BCUT2D eigenvalue weighted by atomic mass is 16.4. The van der Waals surface area contributed by atoms with Gasteiger partial charge in [-0.25, -0.2) is 0 Å². The molecule has 0 radical (unpaired) electrons. The molecule has 2 aromatic carbocycles. The Morgan fingerprint density at radius 3 is 1.41 bits per heavy atom. The smallest absolute Gasteiger partial charge is 0.317 e. The minimum absolute atomic E-state index is 0.107. The maximum absolute atomic E-state index is 11.5. The second kappa shape index (κ2) is 13.6. The molecule has 2 rings (SSSR count). The number of carbonyl (C=O) groups is 2. The predicted octanol–water partition coefficient (Wildman–Crippen LogP) is 3.48. The fraction of sp³-hybridized carbons (Fsp3) is 0.462. The third-order valence-corrected chi connectivity index (χ3v) is 5.60. The zero-order valence-electron chi connectivity index (χ0n) is 20.0. The molecule has 8 heteroatoms. The molecular formula is C26H36N2O6. The van der Waals surface area contributed by atoms with E-state index in [0.717, 1.165) is 36.8 Å². The van der Waals surface area contributed by atoms with Crippen LogP contribution in [-0.2, 0) is 35.5 Å². The number of aryl methyl sites for hydroxylation is 2. The van der Waals surface area contributed by atoms with Crippen molar-refractivity contribution in [3.63, 3.8) is 0 Å². The van der Waals surface area contributed by atoms with Crippen LogP contribution in [0.15, 0.2) is 36.4 Å². The zero-order valence-corrected chi connectivity index (χ0v) is 20.0. The molecule has 0 aromatic heterocycles. The van der Waals surface area contributed by atoms with Gasteiger partial charge in [-0.3, -0.25) is 19.4 Å². The molecular weight excluding hydrogens is 436 g/mol. The van der Waals surface area contributed by atoms with E-state index in [0.29, 0.717) is 11.1 Å². The Labute approximate surface area is 201 Å². The number of rotatable bonds is 15. The molecule has 0 aliphatic heterocycles. The molecule has 0 aliphatic carbocycles. The Balaban J connectivity index is 2.16. The first-order valence-electron chi connectivity index (χ1n) is 11.7. The van der Waals surface area contributed by atoms with Crippen molar-refractivity contribution in [2.75, 3.05) is 26.2 Å². The van der Waals surface area contributed by atoms with Crippen LogP contribution in [0.5, 0.6) is 11.5 Å². The lowest BCUT2D eigenvalue weighted by atomic mass is 10.0. The first-order valence-corrected chi connectivity index (χ1v) is 11.7. The second-order valence-corrected chi connectivity index (χ2v) is 8.63. The number of carboxylic acid groups (broad SMARTS) is 2. The number of hydrogen-bond donors (Lipinski definition) is 4. The Morgan fingerprint density at radius 1 is 0.706 bits per heavy atom. The SMILES string of the molecule is CCCc1ccc(O)c(CN(CCN(CC(=O)O)Cc2cc(CCC)ccc2O)CC(=O)O)c1. The van der Waals surface area contributed by atoms with Crippen LogP contribution < -0.4 is 0 Å². The number of benzene rings is 2. The van der Waals surface area contributed by atoms with Crippen LogP contribution in [0.1, 0.15) is 48.9 Å².